The van der Waals surface area contributed by atoms with E-state index in [1.54, 1.807) is 12.4 Å². The van der Waals surface area contributed by atoms with Crippen molar-refractivity contribution >= 4 is 23.6 Å². The number of rotatable bonds is 5. The highest BCUT2D eigenvalue weighted by Crippen LogP contribution is 2.12. The van der Waals surface area contributed by atoms with Gasteiger partial charge in [0.05, 0.1) is 12.4 Å². The lowest BCUT2D eigenvalue weighted by Crippen LogP contribution is -1.84. The first kappa shape index (κ1) is 15.6. The van der Waals surface area contributed by atoms with E-state index in [4.69, 9.17) is 0 Å². The lowest BCUT2D eigenvalue weighted by atomic mass is 10.1. The predicted octanol–water partition coefficient (Wildman–Crippen LogP) is 5.21. The van der Waals surface area contributed by atoms with Crippen LogP contribution in [0.25, 0.3) is 11.1 Å². The van der Waals surface area contributed by atoms with E-state index in [-0.39, 0.29) is 0 Å². The van der Waals surface area contributed by atoms with Crippen LogP contribution < -0.4 is 0 Å². The maximum absolute atomic E-state index is 4.07. The van der Waals surface area contributed by atoms with Crippen molar-refractivity contribution in [3.63, 3.8) is 0 Å². The Kier molecular flexibility index (Phi) is 5.21. The maximum atomic E-state index is 4.07. The summed E-state index contributed by atoms with van der Waals surface area (Å²) in [4.78, 5) is 0. The third-order valence-corrected chi connectivity index (χ3v) is 3.29. The monoisotopic (exact) mass is 288 g/mol. The molecule has 2 nitrogen and oxygen atoms in total. The van der Waals surface area contributed by atoms with Crippen LogP contribution in [0.4, 0.5) is 0 Å². The zero-order chi connectivity index (χ0) is 15.9. The molecule has 2 aromatic rings. The molecule has 0 fully saturated rings. The average Bonchev–Trinajstić information content (AvgIpc) is 2.52. The van der Waals surface area contributed by atoms with Crippen molar-refractivity contribution in [2.24, 2.45) is 10.2 Å². The Morgan fingerprint density at radius 3 is 1.27 bits per heavy atom. The summed E-state index contributed by atoms with van der Waals surface area (Å²) >= 11 is 0. The molecule has 0 heterocycles. The normalized spacial score (nSPS) is 11.2. The Labute approximate surface area is 132 Å². The van der Waals surface area contributed by atoms with Gasteiger partial charge < -0.3 is 0 Å². The Balaban J connectivity index is 1.99. The van der Waals surface area contributed by atoms with Gasteiger partial charge in [0, 0.05) is 0 Å². The predicted molar refractivity (Wildman–Crippen MR) is 97.5 cm³/mol. The van der Waals surface area contributed by atoms with Gasteiger partial charge in [-0.25, -0.2) is 0 Å². The van der Waals surface area contributed by atoms with Crippen LogP contribution in [-0.2, 0) is 0 Å². The molecule has 0 unspecified atom stereocenters. The van der Waals surface area contributed by atoms with E-state index in [2.05, 4.69) is 23.4 Å². The molecule has 2 heteroatoms. The zero-order valence-electron chi connectivity index (χ0n) is 13.1. The minimum atomic E-state index is 1.01. The lowest BCUT2D eigenvalue weighted by molar-refractivity contribution is 1.26. The molecular formula is C20H20N2. The van der Waals surface area contributed by atoms with Gasteiger partial charge in [-0.1, -0.05) is 72.8 Å². The molecule has 0 aliphatic carbocycles. The summed E-state index contributed by atoms with van der Waals surface area (Å²) in [5.74, 6) is 0. The van der Waals surface area contributed by atoms with Crippen LogP contribution in [0.15, 0.2) is 71.9 Å². The lowest BCUT2D eigenvalue weighted by Gasteiger charge is -1.99. The van der Waals surface area contributed by atoms with Crippen molar-refractivity contribution in [1.82, 2.24) is 0 Å². The van der Waals surface area contributed by atoms with Crippen LogP contribution in [0.1, 0.15) is 36.1 Å². The van der Waals surface area contributed by atoms with Crippen molar-refractivity contribution in [2.45, 2.75) is 13.8 Å². The zero-order valence-corrected chi connectivity index (χ0v) is 13.1. The molecule has 0 aliphatic rings. The minimum absolute atomic E-state index is 1.01. The summed E-state index contributed by atoms with van der Waals surface area (Å²) in [6.45, 7) is 11.8. The topological polar surface area (TPSA) is 24.7 Å². The van der Waals surface area contributed by atoms with E-state index in [0.717, 1.165) is 33.4 Å². The first-order chi connectivity index (χ1) is 10.6. The van der Waals surface area contributed by atoms with Crippen molar-refractivity contribution in [2.75, 3.05) is 0 Å². The molecule has 0 saturated carbocycles. The highest BCUT2D eigenvalue weighted by atomic mass is 15.2. The second-order valence-corrected chi connectivity index (χ2v) is 5.29. The fourth-order valence-corrected chi connectivity index (χ4v) is 1.91. The Hall–Kier alpha value is -2.74. The highest BCUT2D eigenvalue weighted by Gasteiger charge is 1.93. The van der Waals surface area contributed by atoms with E-state index in [9.17, 15) is 0 Å². The van der Waals surface area contributed by atoms with Gasteiger partial charge in [0.1, 0.15) is 0 Å². The third kappa shape index (κ3) is 4.38. The van der Waals surface area contributed by atoms with E-state index in [1.165, 1.54) is 0 Å². The van der Waals surface area contributed by atoms with Crippen molar-refractivity contribution in [1.29, 1.82) is 0 Å². The standard InChI is InChI=1S/C20H20N2/c1-15(2)19-9-5-17(6-10-19)13-21-22-14-18-7-11-20(12-8-18)16(3)4/h5-14H,1,3H2,2,4H3/b21-13+,22-14+. The molecule has 0 saturated heterocycles. The van der Waals surface area contributed by atoms with Gasteiger partial charge in [0.25, 0.3) is 0 Å². The van der Waals surface area contributed by atoms with Crippen LogP contribution in [0, 0.1) is 0 Å². The first-order valence-corrected chi connectivity index (χ1v) is 7.14. The van der Waals surface area contributed by atoms with Crippen LogP contribution in [-0.4, -0.2) is 12.4 Å². The molecule has 0 amide bonds. The molecule has 0 N–H and O–H groups in total. The van der Waals surface area contributed by atoms with Gasteiger partial charge in [-0.3, -0.25) is 0 Å². The van der Waals surface area contributed by atoms with Crippen LogP contribution >= 0.6 is 0 Å². The van der Waals surface area contributed by atoms with Crippen LogP contribution in [0.5, 0.6) is 0 Å². The van der Waals surface area contributed by atoms with Crippen molar-refractivity contribution in [3.8, 4) is 0 Å². The Morgan fingerprint density at radius 1 is 0.682 bits per heavy atom. The quantitative estimate of drug-likeness (QED) is 0.533. The van der Waals surface area contributed by atoms with E-state index in [1.807, 2.05) is 62.4 Å². The fourth-order valence-electron chi connectivity index (χ4n) is 1.91. The third-order valence-electron chi connectivity index (χ3n) is 3.29. The molecule has 2 aromatic carbocycles. The molecule has 0 bridgehead atoms. The molecule has 0 spiro atoms. The van der Waals surface area contributed by atoms with E-state index >= 15 is 0 Å². The molecule has 0 radical (unpaired) electrons. The summed E-state index contributed by atoms with van der Waals surface area (Å²) in [5, 5.41) is 8.15. The largest absolute Gasteiger partial charge is 0.159 e. The minimum Gasteiger partial charge on any atom is -0.159 e. The first-order valence-electron chi connectivity index (χ1n) is 7.14. The Morgan fingerprint density at radius 2 is 1.00 bits per heavy atom. The summed E-state index contributed by atoms with van der Waals surface area (Å²) in [5.41, 5.74) is 6.41. The smallest absolute Gasteiger partial charge is 0.0568 e. The molecule has 110 valence electrons. The molecular weight excluding hydrogens is 268 g/mol. The van der Waals surface area contributed by atoms with Gasteiger partial charge in [-0.15, -0.1) is 0 Å². The van der Waals surface area contributed by atoms with Gasteiger partial charge in [-0.2, -0.15) is 10.2 Å². The fraction of sp³-hybridized carbons (Fsp3) is 0.100. The molecule has 2 rings (SSSR count). The van der Waals surface area contributed by atoms with Gasteiger partial charge >= 0.3 is 0 Å². The van der Waals surface area contributed by atoms with Crippen molar-refractivity contribution < 1.29 is 0 Å². The number of nitrogens with zero attached hydrogens (tertiary/aromatic N) is 2. The van der Waals surface area contributed by atoms with Crippen LogP contribution in [0.2, 0.25) is 0 Å². The summed E-state index contributed by atoms with van der Waals surface area (Å²) in [6.07, 6.45) is 3.47. The number of hydrogen-bond donors (Lipinski definition) is 0. The van der Waals surface area contributed by atoms with Gasteiger partial charge in [0.15, 0.2) is 0 Å². The Bertz CT molecular complexity index is 652. The molecule has 0 atom stereocenters. The average molecular weight is 288 g/mol. The second-order valence-electron chi connectivity index (χ2n) is 5.29. The van der Waals surface area contributed by atoms with E-state index < -0.39 is 0 Å². The van der Waals surface area contributed by atoms with Crippen molar-refractivity contribution in [3.05, 3.63) is 83.9 Å². The molecule has 0 aromatic heterocycles. The number of benzene rings is 2. The number of allylic oxidation sites excluding steroid dienone is 2. The highest BCUT2D eigenvalue weighted by molar-refractivity contribution is 5.83. The summed E-state index contributed by atoms with van der Waals surface area (Å²) in [7, 11) is 0. The van der Waals surface area contributed by atoms with Crippen LogP contribution in [0.3, 0.4) is 0 Å². The molecule has 22 heavy (non-hydrogen) atoms. The van der Waals surface area contributed by atoms with Gasteiger partial charge in [0.2, 0.25) is 0 Å². The number of hydrogen-bond acceptors (Lipinski definition) is 2. The molecule has 0 aliphatic heterocycles. The maximum Gasteiger partial charge on any atom is 0.0568 e. The second kappa shape index (κ2) is 7.32. The summed E-state index contributed by atoms with van der Waals surface area (Å²) < 4.78 is 0. The summed E-state index contributed by atoms with van der Waals surface area (Å²) in [6, 6.07) is 16.1. The van der Waals surface area contributed by atoms with E-state index in [0.29, 0.717) is 0 Å². The SMILES string of the molecule is C=C(C)c1ccc(/C=N/N=C/c2ccc(C(=C)C)cc2)cc1. The van der Waals surface area contributed by atoms with Gasteiger partial charge in [-0.05, 0) is 36.1 Å².